The summed E-state index contributed by atoms with van der Waals surface area (Å²) in [7, 11) is 3.17. The van der Waals surface area contributed by atoms with E-state index in [0.29, 0.717) is 18.0 Å². The highest BCUT2D eigenvalue weighted by Gasteiger charge is 2.23. The van der Waals surface area contributed by atoms with Crippen LogP contribution in [0.25, 0.3) is 0 Å². The fourth-order valence-electron chi connectivity index (χ4n) is 2.10. The fraction of sp³-hybridized carbons (Fsp3) is 0.357. The number of hydrogen-bond acceptors (Lipinski definition) is 6. The van der Waals surface area contributed by atoms with Crippen molar-refractivity contribution in [2.24, 2.45) is 5.73 Å². The molecule has 1 aromatic carbocycles. The van der Waals surface area contributed by atoms with Crippen molar-refractivity contribution < 1.29 is 14.6 Å². The number of rotatable bonds is 6. The number of methoxy groups -OCH3 is 2. The van der Waals surface area contributed by atoms with Crippen LogP contribution in [-0.4, -0.2) is 30.9 Å². The third-order valence-electron chi connectivity index (χ3n) is 3.21. The lowest BCUT2D eigenvalue weighted by atomic mass is 9.92. The van der Waals surface area contributed by atoms with E-state index in [-0.39, 0.29) is 5.92 Å². The summed E-state index contributed by atoms with van der Waals surface area (Å²) in [6.07, 6.45) is 0.990. The number of hydrogen-bond donors (Lipinski definition) is 2. The van der Waals surface area contributed by atoms with E-state index in [2.05, 4.69) is 4.98 Å². The van der Waals surface area contributed by atoms with E-state index in [1.807, 2.05) is 18.2 Å². The van der Waals surface area contributed by atoms with E-state index in [1.54, 1.807) is 25.9 Å². The SMILES string of the molecule is COc1ccc(C(CN)C(O)c2cncs2)cc1OC. The molecule has 1 heterocycles. The zero-order chi connectivity index (χ0) is 14.5. The summed E-state index contributed by atoms with van der Waals surface area (Å²) in [6.45, 7) is 0.328. The lowest BCUT2D eigenvalue weighted by molar-refractivity contribution is 0.150. The van der Waals surface area contributed by atoms with Crippen molar-refractivity contribution >= 4 is 11.3 Å². The molecule has 0 fully saturated rings. The van der Waals surface area contributed by atoms with E-state index in [0.717, 1.165) is 10.4 Å². The summed E-state index contributed by atoms with van der Waals surface area (Å²) in [5.41, 5.74) is 8.43. The van der Waals surface area contributed by atoms with Gasteiger partial charge in [-0.25, -0.2) is 0 Å². The molecular weight excluding hydrogens is 276 g/mol. The largest absolute Gasteiger partial charge is 0.493 e. The van der Waals surface area contributed by atoms with Crippen LogP contribution in [0.3, 0.4) is 0 Å². The Bertz CT molecular complexity index is 545. The maximum absolute atomic E-state index is 10.4. The standard InChI is InChI=1S/C14H18N2O3S/c1-18-11-4-3-9(5-12(11)19-2)10(6-15)14(17)13-7-16-8-20-13/h3-5,7-8,10,14,17H,6,15H2,1-2H3. The van der Waals surface area contributed by atoms with Gasteiger partial charge in [-0.1, -0.05) is 6.07 Å². The Balaban J connectivity index is 2.32. The predicted molar refractivity (Wildman–Crippen MR) is 78.4 cm³/mol. The predicted octanol–water partition coefficient (Wildman–Crippen LogP) is 1.94. The molecule has 0 radical (unpaired) electrons. The molecule has 2 unspecified atom stereocenters. The first-order valence-electron chi connectivity index (χ1n) is 6.19. The quantitative estimate of drug-likeness (QED) is 0.851. The van der Waals surface area contributed by atoms with Gasteiger partial charge in [0.1, 0.15) is 0 Å². The fourth-order valence-corrected chi connectivity index (χ4v) is 2.77. The van der Waals surface area contributed by atoms with Crippen LogP contribution in [0.5, 0.6) is 11.5 Å². The molecule has 0 saturated heterocycles. The minimum atomic E-state index is -0.675. The summed E-state index contributed by atoms with van der Waals surface area (Å²) >= 11 is 1.41. The number of aromatic nitrogens is 1. The van der Waals surface area contributed by atoms with E-state index < -0.39 is 6.10 Å². The minimum Gasteiger partial charge on any atom is -0.493 e. The zero-order valence-electron chi connectivity index (χ0n) is 11.4. The highest BCUT2D eigenvalue weighted by molar-refractivity contribution is 7.09. The summed E-state index contributed by atoms with van der Waals surface area (Å²) < 4.78 is 10.5. The Morgan fingerprint density at radius 3 is 2.60 bits per heavy atom. The molecule has 6 heteroatoms. The molecule has 20 heavy (non-hydrogen) atoms. The molecule has 0 aliphatic rings. The number of ether oxygens (including phenoxy) is 2. The van der Waals surface area contributed by atoms with Crippen LogP contribution in [-0.2, 0) is 0 Å². The number of aliphatic hydroxyl groups is 1. The topological polar surface area (TPSA) is 77.6 Å². The first-order valence-corrected chi connectivity index (χ1v) is 7.07. The van der Waals surface area contributed by atoms with Crippen molar-refractivity contribution in [3.63, 3.8) is 0 Å². The Kier molecular flexibility index (Phi) is 4.94. The van der Waals surface area contributed by atoms with Gasteiger partial charge in [0.25, 0.3) is 0 Å². The Labute approximate surface area is 122 Å². The van der Waals surface area contributed by atoms with Crippen molar-refractivity contribution in [3.8, 4) is 11.5 Å². The lowest BCUT2D eigenvalue weighted by Crippen LogP contribution is -2.19. The second-order valence-electron chi connectivity index (χ2n) is 4.31. The summed E-state index contributed by atoms with van der Waals surface area (Å²) in [5, 5.41) is 10.4. The third kappa shape index (κ3) is 2.92. The third-order valence-corrected chi connectivity index (χ3v) is 4.06. The molecular formula is C14H18N2O3S. The van der Waals surface area contributed by atoms with Gasteiger partial charge in [0.2, 0.25) is 0 Å². The Morgan fingerprint density at radius 2 is 2.05 bits per heavy atom. The molecule has 0 amide bonds. The van der Waals surface area contributed by atoms with Crippen molar-refractivity contribution in [1.29, 1.82) is 0 Å². The number of thiazole rings is 1. The number of aliphatic hydroxyl groups excluding tert-OH is 1. The average Bonchev–Trinajstić information content (AvgIpc) is 3.01. The van der Waals surface area contributed by atoms with Crippen LogP contribution < -0.4 is 15.2 Å². The van der Waals surface area contributed by atoms with Gasteiger partial charge in [-0.3, -0.25) is 4.98 Å². The molecule has 3 N–H and O–H groups in total. The van der Waals surface area contributed by atoms with Crippen molar-refractivity contribution in [3.05, 3.63) is 40.3 Å². The van der Waals surface area contributed by atoms with Crippen LogP contribution >= 0.6 is 11.3 Å². The van der Waals surface area contributed by atoms with Gasteiger partial charge in [0, 0.05) is 18.7 Å². The van der Waals surface area contributed by atoms with Crippen LogP contribution in [0.2, 0.25) is 0 Å². The van der Waals surface area contributed by atoms with Crippen molar-refractivity contribution in [2.45, 2.75) is 12.0 Å². The molecule has 0 saturated carbocycles. The molecule has 5 nitrogen and oxygen atoms in total. The normalized spacial score (nSPS) is 13.8. The molecule has 108 valence electrons. The van der Waals surface area contributed by atoms with Gasteiger partial charge in [-0.2, -0.15) is 0 Å². The van der Waals surface area contributed by atoms with Gasteiger partial charge >= 0.3 is 0 Å². The molecule has 2 atom stereocenters. The second kappa shape index (κ2) is 6.69. The van der Waals surface area contributed by atoms with Crippen LogP contribution in [0.15, 0.2) is 29.9 Å². The van der Waals surface area contributed by atoms with E-state index >= 15 is 0 Å². The van der Waals surface area contributed by atoms with Crippen molar-refractivity contribution in [1.82, 2.24) is 4.98 Å². The Hall–Kier alpha value is -1.63. The summed E-state index contributed by atoms with van der Waals surface area (Å²) in [5.74, 6) is 1.06. The number of nitrogens with zero attached hydrogens (tertiary/aromatic N) is 1. The van der Waals surface area contributed by atoms with E-state index in [1.165, 1.54) is 11.3 Å². The minimum absolute atomic E-state index is 0.213. The molecule has 1 aromatic heterocycles. The lowest BCUT2D eigenvalue weighted by Gasteiger charge is -2.21. The average molecular weight is 294 g/mol. The number of nitrogens with two attached hydrogens (primary N) is 1. The van der Waals surface area contributed by atoms with Crippen LogP contribution in [0.4, 0.5) is 0 Å². The smallest absolute Gasteiger partial charge is 0.160 e. The van der Waals surface area contributed by atoms with E-state index in [9.17, 15) is 5.11 Å². The van der Waals surface area contributed by atoms with Crippen LogP contribution in [0.1, 0.15) is 22.5 Å². The maximum Gasteiger partial charge on any atom is 0.160 e. The van der Waals surface area contributed by atoms with E-state index in [4.69, 9.17) is 15.2 Å². The monoisotopic (exact) mass is 294 g/mol. The molecule has 2 rings (SSSR count). The van der Waals surface area contributed by atoms with Gasteiger partial charge < -0.3 is 20.3 Å². The van der Waals surface area contributed by atoms with Crippen LogP contribution in [0, 0.1) is 0 Å². The zero-order valence-corrected chi connectivity index (χ0v) is 12.3. The highest BCUT2D eigenvalue weighted by Crippen LogP contribution is 2.36. The highest BCUT2D eigenvalue weighted by atomic mass is 32.1. The first-order chi connectivity index (χ1) is 9.71. The van der Waals surface area contributed by atoms with Gasteiger partial charge in [0.15, 0.2) is 11.5 Å². The summed E-state index contributed by atoms with van der Waals surface area (Å²) in [4.78, 5) is 4.79. The number of benzene rings is 1. The van der Waals surface area contributed by atoms with Gasteiger partial charge in [-0.15, -0.1) is 11.3 Å². The molecule has 0 bridgehead atoms. The molecule has 0 aliphatic heterocycles. The molecule has 0 aliphatic carbocycles. The summed E-state index contributed by atoms with van der Waals surface area (Å²) in [6, 6.07) is 5.56. The van der Waals surface area contributed by atoms with Gasteiger partial charge in [0.05, 0.1) is 30.7 Å². The molecule has 2 aromatic rings. The van der Waals surface area contributed by atoms with Crippen molar-refractivity contribution in [2.75, 3.05) is 20.8 Å². The first kappa shape index (κ1) is 14.8. The second-order valence-corrected chi connectivity index (χ2v) is 5.22. The molecule has 0 spiro atoms. The van der Waals surface area contributed by atoms with Gasteiger partial charge in [-0.05, 0) is 17.7 Å². The maximum atomic E-state index is 10.4. The Morgan fingerprint density at radius 1 is 1.30 bits per heavy atom.